The molecule has 0 bridgehead atoms. The monoisotopic (exact) mass is 392 g/mol. The molecule has 0 aliphatic carbocycles. The maximum atomic E-state index is 12.7. The molecule has 2 aliphatic rings. The molecule has 3 rings (SSSR count). The van der Waals surface area contributed by atoms with Crippen molar-refractivity contribution in [2.45, 2.75) is 51.7 Å². The van der Waals surface area contributed by atoms with E-state index in [-0.39, 0.29) is 29.8 Å². The van der Waals surface area contributed by atoms with E-state index in [1.54, 1.807) is 17.0 Å². The number of hydrogen-bond acceptors (Lipinski definition) is 3. The second-order valence-corrected chi connectivity index (χ2v) is 7.78. The molecule has 3 N–H and O–H groups in total. The first kappa shape index (κ1) is 19.5. The zero-order chi connectivity index (χ0) is 19.7. The zero-order valence-electron chi connectivity index (χ0n) is 15.7. The summed E-state index contributed by atoms with van der Waals surface area (Å²) in [6.07, 6.45) is 1.21. The third-order valence-corrected chi connectivity index (χ3v) is 5.84. The molecule has 0 unspecified atom stereocenters. The van der Waals surface area contributed by atoms with Gasteiger partial charge in [0.25, 0.3) is 0 Å². The van der Waals surface area contributed by atoms with Gasteiger partial charge in [-0.3, -0.25) is 9.59 Å². The molecule has 0 saturated carbocycles. The highest BCUT2D eigenvalue weighted by atomic mass is 35.5. The number of amides is 4. The number of nitrogens with one attached hydrogen (secondary N) is 3. The summed E-state index contributed by atoms with van der Waals surface area (Å²) in [6.45, 7) is 6.17. The number of halogens is 1. The average Bonchev–Trinajstić information content (AvgIpc) is 3.05. The number of rotatable bonds is 4. The number of carbonyl (C=O) groups excluding carboxylic acids is 3. The van der Waals surface area contributed by atoms with Crippen LogP contribution in [0.2, 0.25) is 5.02 Å². The Morgan fingerprint density at radius 1 is 1.41 bits per heavy atom. The van der Waals surface area contributed by atoms with E-state index in [0.717, 1.165) is 12.0 Å². The first-order valence-corrected chi connectivity index (χ1v) is 9.62. The van der Waals surface area contributed by atoms with E-state index in [9.17, 15) is 14.4 Å². The quantitative estimate of drug-likeness (QED) is 0.734. The molecule has 4 amide bonds. The van der Waals surface area contributed by atoms with Crippen LogP contribution in [-0.4, -0.2) is 47.4 Å². The highest BCUT2D eigenvalue weighted by Crippen LogP contribution is 2.26. The van der Waals surface area contributed by atoms with Crippen molar-refractivity contribution in [3.05, 3.63) is 28.8 Å². The Kier molecular flexibility index (Phi) is 5.60. The molecule has 27 heavy (non-hydrogen) atoms. The summed E-state index contributed by atoms with van der Waals surface area (Å²) in [4.78, 5) is 39.0. The van der Waals surface area contributed by atoms with Crippen LogP contribution in [-0.2, 0) is 9.59 Å². The molecular weight excluding hydrogens is 368 g/mol. The number of anilines is 1. The molecule has 1 aromatic rings. The van der Waals surface area contributed by atoms with Crippen LogP contribution in [0.25, 0.3) is 0 Å². The van der Waals surface area contributed by atoms with E-state index >= 15 is 0 Å². The zero-order valence-corrected chi connectivity index (χ0v) is 16.5. The summed E-state index contributed by atoms with van der Waals surface area (Å²) in [6, 6.07) is 3.62. The lowest BCUT2D eigenvalue weighted by molar-refractivity contribution is -0.148. The topological polar surface area (TPSA) is 90.5 Å². The minimum absolute atomic E-state index is 0.0658. The van der Waals surface area contributed by atoms with Crippen molar-refractivity contribution >= 4 is 35.1 Å². The number of urea groups is 1. The number of benzene rings is 1. The van der Waals surface area contributed by atoms with Gasteiger partial charge < -0.3 is 20.9 Å². The second kappa shape index (κ2) is 7.76. The SMILES string of the molecule is CC[C@H](C)[C@@H]1NC(=O)[C@@H]2C[C@H](NC(=O)Nc3ccc(C)c(Cl)c3)CN2C1=O. The molecule has 2 saturated heterocycles. The summed E-state index contributed by atoms with van der Waals surface area (Å²) in [5.74, 6) is -0.136. The van der Waals surface area contributed by atoms with Crippen molar-refractivity contribution in [3.63, 3.8) is 0 Å². The molecular formula is C19H25ClN4O3. The van der Waals surface area contributed by atoms with Crippen molar-refractivity contribution in [2.75, 3.05) is 11.9 Å². The minimum Gasteiger partial charge on any atom is -0.342 e. The molecule has 2 heterocycles. The Hall–Kier alpha value is -2.28. The van der Waals surface area contributed by atoms with Gasteiger partial charge in [-0.2, -0.15) is 0 Å². The standard InChI is InChI=1S/C19H25ClN4O3/c1-4-10(2)16-18(26)24-9-13(8-15(24)17(25)23-16)22-19(27)21-12-6-5-11(3)14(20)7-12/h5-7,10,13,15-16H,4,8-9H2,1-3H3,(H,23,25)(H2,21,22,27)/t10-,13-,15-,16-/m0/s1. The predicted molar refractivity (Wildman–Crippen MR) is 104 cm³/mol. The van der Waals surface area contributed by atoms with Gasteiger partial charge in [0, 0.05) is 17.3 Å². The van der Waals surface area contributed by atoms with Gasteiger partial charge in [0.1, 0.15) is 12.1 Å². The summed E-state index contributed by atoms with van der Waals surface area (Å²) in [5, 5.41) is 9.00. The molecule has 8 heteroatoms. The number of piperazine rings is 1. The van der Waals surface area contributed by atoms with Crippen LogP contribution >= 0.6 is 11.6 Å². The number of nitrogens with zero attached hydrogens (tertiary/aromatic N) is 1. The number of hydrogen-bond donors (Lipinski definition) is 3. The van der Waals surface area contributed by atoms with Crippen LogP contribution in [0.15, 0.2) is 18.2 Å². The number of carbonyl (C=O) groups is 3. The molecule has 0 spiro atoms. The fraction of sp³-hybridized carbons (Fsp3) is 0.526. The van der Waals surface area contributed by atoms with E-state index in [1.165, 1.54) is 0 Å². The van der Waals surface area contributed by atoms with E-state index in [0.29, 0.717) is 23.7 Å². The molecule has 146 valence electrons. The lowest BCUT2D eigenvalue weighted by Crippen LogP contribution is -2.62. The largest absolute Gasteiger partial charge is 0.342 e. The highest BCUT2D eigenvalue weighted by Gasteiger charge is 2.47. The summed E-state index contributed by atoms with van der Waals surface area (Å²) >= 11 is 6.07. The molecule has 0 aromatic heterocycles. The molecule has 0 radical (unpaired) electrons. The predicted octanol–water partition coefficient (Wildman–Crippen LogP) is 2.28. The number of fused-ring (bicyclic) bond motifs is 1. The van der Waals surface area contributed by atoms with Crippen LogP contribution in [0.5, 0.6) is 0 Å². The normalized spacial score (nSPS) is 25.6. The van der Waals surface area contributed by atoms with Crippen molar-refractivity contribution < 1.29 is 14.4 Å². The molecule has 4 atom stereocenters. The van der Waals surface area contributed by atoms with Gasteiger partial charge in [0.15, 0.2) is 0 Å². The van der Waals surface area contributed by atoms with Crippen LogP contribution in [0.1, 0.15) is 32.3 Å². The summed E-state index contributed by atoms with van der Waals surface area (Å²) in [5.41, 5.74) is 1.51. The lowest BCUT2D eigenvalue weighted by Gasteiger charge is -2.36. The Bertz CT molecular complexity index is 769. The fourth-order valence-electron chi connectivity index (χ4n) is 3.57. The van der Waals surface area contributed by atoms with Gasteiger partial charge in [-0.25, -0.2) is 4.79 Å². The van der Waals surface area contributed by atoms with E-state index in [4.69, 9.17) is 11.6 Å². The smallest absolute Gasteiger partial charge is 0.319 e. The highest BCUT2D eigenvalue weighted by molar-refractivity contribution is 6.31. The van der Waals surface area contributed by atoms with E-state index in [1.807, 2.05) is 26.8 Å². The Balaban J connectivity index is 1.61. The average molecular weight is 393 g/mol. The lowest BCUT2D eigenvalue weighted by atomic mass is 9.95. The van der Waals surface area contributed by atoms with Gasteiger partial charge in [0.2, 0.25) is 11.8 Å². The Morgan fingerprint density at radius 3 is 2.81 bits per heavy atom. The van der Waals surface area contributed by atoms with Gasteiger partial charge in [0.05, 0.1) is 6.04 Å². The van der Waals surface area contributed by atoms with Crippen molar-refractivity contribution in [1.29, 1.82) is 0 Å². The van der Waals surface area contributed by atoms with E-state index in [2.05, 4.69) is 16.0 Å². The fourth-order valence-corrected chi connectivity index (χ4v) is 3.75. The second-order valence-electron chi connectivity index (χ2n) is 7.37. The first-order chi connectivity index (χ1) is 12.8. The van der Waals surface area contributed by atoms with Crippen LogP contribution in [0.4, 0.5) is 10.5 Å². The maximum absolute atomic E-state index is 12.7. The van der Waals surface area contributed by atoms with Gasteiger partial charge in [-0.05, 0) is 37.0 Å². The molecule has 1 aromatic carbocycles. The summed E-state index contributed by atoms with van der Waals surface area (Å²) in [7, 11) is 0. The van der Waals surface area contributed by atoms with Gasteiger partial charge in [-0.1, -0.05) is 37.9 Å². The van der Waals surface area contributed by atoms with Gasteiger partial charge in [-0.15, -0.1) is 0 Å². The van der Waals surface area contributed by atoms with Crippen molar-refractivity contribution in [3.8, 4) is 0 Å². The third kappa shape index (κ3) is 4.03. The van der Waals surface area contributed by atoms with Gasteiger partial charge >= 0.3 is 6.03 Å². The van der Waals surface area contributed by atoms with Crippen molar-refractivity contribution in [1.82, 2.24) is 15.5 Å². The van der Waals surface area contributed by atoms with Crippen LogP contribution in [0, 0.1) is 12.8 Å². The summed E-state index contributed by atoms with van der Waals surface area (Å²) < 4.78 is 0. The Labute approximate surface area is 163 Å². The minimum atomic E-state index is -0.517. The third-order valence-electron chi connectivity index (χ3n) is 5.43. The maximum Gasteiger partial charge on any atom is 0.319 e. The first-order valence-electron chi connectivity index (χ1n) is 9.24. The van der Waals surface area contributed by atoms with Crippen molar-refractivity contribution in [2.24, 2.45) is 5.92 Å². The number of aryl methyl sites for hydroxylation is 1. The molecule has 7 nitrogen and oxygen atoms in total. The van der Waals surface area contributed by atoms with Crippen LogP contribution < -0.4 is 16.0 Å². The molecule has 2 fully saturated rings. The molecule has 2 aliphatic heterocycles. The van der Waals surface area contributed by atoms with E-state index < -0.39 is 12.1 Å². The Morgan fingerprint density at radius 2 is 2.15 bits per heavy atom. The van der Waals surface area contributed by atoms with Crippen LogP contribution in [0.3, 0.4) is 0 Å².